The number of alkyl halides is 3. The lowest BCUT2D eigenvalue weighted by molar-refractivity contribution is -0.117. The van der Waals surface area contributed by atoms with Gasteiger partial charge in [0.1, 0.15) is 6.17 Å². The lowest BCUT2D eigenvalue weighted by Gasteiger charge is -2.27. The zero-order valence-corrected chi connectivity index (χ0v) is 18.4. The number of nitrogens with one attached hydrogen (secondary N) is 3. The Hall–Kier alpha value is -1.31. The molecule has 0 fully saturated rings. The molecule has 3 N–H and O–H groups in total. The number of anilines is 1. The SMILES string of the molecule is O=C(/C=C/c1ccccc1)NC(NC(=S)Nc1ccccc1Br)C(Cl)(Cl)Cl. The monoisotopic (exact) mass is 505 g/mol. The summed E-state index contributed by atoms with van der Waals surface area (Å²) in [6.07, 6.45) is 1.96. The second-order valence-corrected chi connectivity index (χ2v) is 8.94. The van der Waals surface area contributed by atoms with Gasteiger partial charge in [0.25, 0.3) is 0 Å². The lowest BCUT2D eigenvalue weighted by atomic mass is 10.2. The van der Waals surface area contributed by atoms with Gasteiger partial charge in [0.15, 0.2) is 5.11 Å². The highest BCUT2D eigenvalue weighted by molar-refractivity contribution is 9.10. The summed E-state index contributed by atoms with van der Waals surface area (Å²) in [6.45, 7) is 0. The molecule has 0 heterocycles. The molecule has 1 amide bonds. The second-order valence-electron chi connectivity index (χ2n) is 5.31. The highest BCUT2D eigenvalue weighted by Crippen LogP contribution is 2.29. The number of thiocarbonyl (C=S) groups is 1. The Morgan fingerprint density at radius 1 is 1.04 bits per heavy atom. The average Bonchev–Trinajstić information content (AvgIpc) is 2.61. The highest BCUT2D eigenvalue weighted by atomic mass is 79.9. The van der Waals surface area contributed by atoms with Crippen LogP contribution in [0.3, 0.4) is 0 Å². The number of carbonyl (C=O) groups is 1. The number of para-hydroxylation sites is 1. The molecule has 27 heavy (non-hydrogen) atoms. The van der Waals surface area contributed by atoms with Gasteiger partial charge in [-0.05, 0) is 51.9 Å². The van der Waals surface area contributed by atoms with Gasteiger partial charge in [0, 0.05) is 10.5 Å². The molecule has 2 aromatic carbocycles. The van der Waals surface area contributed by atoms with Crippen molar-refractivity contribution in [3.63, 3.8) is 0 Å². The van der Waals surface area contributed by atoms with Crippen LogP contribution >= 0.6 is 63.0 Å². The molecule has 0 aliphatic heterocycles. The van der Waals surface area contributed by atoms with E-state index >= 15 is 0 Å². The molecule has 0 saturated carbocycles. The van der Waals surface area contributed by atoms with Crippen LogP contribution in [-0.4, -0.2) is 21.0 Å². The number of amides is 1. The second kappa shape index (κ2) is 10.3. The van der Waals surface area contributed by atoms with Crippen LogP contribution in [0.15, 0.2) is 65.1 Å². The quantitative estimate of drug-likeness (QED) is 0.224. The molecule has 0 aliphatic carbocycles. The fraction of sp³-hybridized carbons (Fsp3) is 0.111. The van der Waals surface area contributed by atoms with E-state index in [1.54, 1.807) is 6.08 Å². The van der Waals surface area contributed by atoms with E-state index in [2.05, 4.69) is 31.9 Å². The van der Waals surface area contributed by atoms with Crippen LogP contribution in [0.4, 0.5) is 5.69 Å². The van der Waals surface area contributed by atoms with E-state index in [0.717, 1.165) is 15.7 Å². The average molecular weight is 508 g/mol. The number of carbonyl (C=O) groups excluding carboxylic acids is 1. The molecular weight excluding hydrogens is 493 g/mol. The zero-order valence-electron chi connectivity index (χ0n) is 13.8. The zero-order chi connectivity index (χ0) is 19.9. The molecule has 1 atom stereocenters. The molecule has 0 aromatic heterocycles. The van der Waals surface area contributed by atoms with E-state index in [1.807, 2.05) is 54.6 Å². The van der Waals surface area contributed by atoms with Gasteiger partial charge in [-0.3, -0.25) is 4.79 Å². The molecule has 0 saturated heterocycles. The van der Waals surface area contributed by atoms with Crippen LogP contribution in [0.1, 0.15) is 5.56 Å². The maximum absolute atomic E-state index is 12.2. The largest absolute Gasteiger partial charge is 0.339 e. The van der Waals surface area contributed by atoms with Crippen molar-refractivity contribution in [2.24, 2.45) is 0 Å². The van der Waals surface area contributed by atoms with Crippen molar-refractivity contribution >= 4 is 85.7 Å². The fourth-order valence-electron chi connectivity index (χ4n) is 1.98. The van der Waals surface area contributed by atoms with Crippen molar-refractivity contribution in [1.29, 1.82) is 0 Å². The van der Waals surface area contributed by atoms with Crippen LogP contribution in [-0.2, 0) is 4.79 Å². The first-order chi connectivity index (χ1) is 12.8. The van der Waals surface area contributed by atoms with Gasteiger partial charge in [-0.25, -0.2) is 0 Å². The predicted octanol–water partition coefficient (Wildman–Crippen LogP) is 5.26. The molecule has 0 bridgehead atoms. The predicted molar refractivity (Wildman–Crippen MR) is 121 cm³/mol. The van der Waals surface area contributed by atoms with E-state index in [1.165, 1.54) is 6.08 Å². The minimum absolute atomic E-state index is 0.186. The Labute approximate surface area is 186 Å². The van der Waals surface area contributed by atoms with Crippen LogP contribution in [0.5, 0.6) is 0 Å². The van der Waals surface area contributed by atoms with Crippen LogP contribution in [0.25, 0.3) is 6.08 Å². The molecule has 142 valence electrons. The number of rotatable bonds is 5. The third-order valence-electron chi connectivity index (χ3n) is 3.24. The first-order valence-electron chi connectivity index (χ1n) is 7.68. The molecule has 2 aromatic rings. The molecule has 0 aliphatic rings. The fourth-order valence-corrected chi connectivity index (χ4v) is 2.92. The van der Waals surface area contributed by atoms with Gasteiger partial charge in [-0.15, -0.1) is 0 Å². The Morgan fingerprint density at radius 2 is 1.67 bits per heavy atom. The number of halogens is 4. The third kappa shape index (κ3) is 7.68. The Morgan fingerprint density at radius 3 is 2.30 bits per heavy atom. The minimum Gasteiger partial charge on any atom is -0.339 e. The van der Waals surface area contributed by atoms with E-state index in [9.17, 15) is 4.79 Å². The first kappa shape index (κ1) is 22.0. The minimum atomic E-state index is -1.82. The molecule has 2 rings (SSSR count). The maximum Gasteiger partial charge on any atom is 0.245 e. The number of hydrogen-bond donors (Lipinski definition) is 3. The maximum atomic E-state index is 12.2. The standard InChI is InChI=1S/C18H15BrCl3N3OS/c19-13-8-4-5-9-14(13)23-17(27)25-16(18(20,21)22)24-15(26)11-10-12-6-2-1-3-7-12/h1-11,16H,(H,24,26)(H2,23,25,27)/b11-10+. The smallest absolute Gasteiger partial charge is 0.245 e. The summed E-state index contributed by atoms with van der Waals surface area (Å²) in [5.41, 5.74) is 1.60. The number of benzene rings is 2. The van der Waals surface area contributed by atoms with E-state index in [0.29, 0.717) is 0 Å². The highest BCUT2D eigenvalue weighted by Gasteiger charge is 2.34. The van der Waals surface area contributed by atoms with Gasteiger partial charge < -0.3 is 16.0 Å². The molecule has 0 spiro atoms. The summed E-state index contributed by atoms with van der Waals surface area (Å²) in [7, 11) is 0. The number of hydrogen-bond acceptors (Lipinski definition) is 2. The van der Waals surface area contributed by atoms with Crippen molar-refractivity contribution < 1.29 is 4.79 Å². The molecule has 4 nitrogen and oxygen atoms in total. The Balaban J connectivity index is 2.00. The van der Waals surface area contributed by atoms with Crippen molar-refractivity contribution in [2.45, 2.75) is 9.96 Å². The summed E-state index contributed by atoms with van der Waals surface area (Å²) in [4.78, 5) is 12.2. The topological polar surface area (TPSA) is 53.2 Å². The summed E-state index contributed by atoms with van der Waals surface area (Å²) in [5, 5.41) is 8.54. The van der Waals surface area contributed by atoms with Crippen LogP contribution in [0, 0.1) is 0 Å². The van der Waals surface area contributed by atoms with Crippen molar-refractivity contribution in [2.75, 3.05) is 5.32 Å². The van der Waals surface area contributed by atoms with E-state index < -0.39 is 15.9 Å². The lowest BCUT2D eigenvalue weighted by Crippen LogP contribution is -2.55. The van der Waals surface area contributed by atoms with Gasteiger partial charge in [-0.2, -0.15) is 0 Å². The summed E-state index contributed by atoms with van der Waals surface area (Å²) in [5.74, 6) is -0.439. The third-order valence-corrected chi connectivity index (χ3v) is 4.80. The van der Waals surface area contributed by atoms with Gasteiger partial charge in [0.2, 0.25) is 9.70 Å². The molecule has 1 unspecified atom stereocenters. The van der Waals surface area contributed by atoms with Crippen molar-refractivity contribution in [1.82, 2.24) is 10.6 Å². The summed E-state index contributed by atoms with van der Waals surface area (Å²) in [6, 6.07) is 16.8. The molecule has 9 heteroatoms. The van der Waals surface area contributed by atoms with Crippen LogP contribution < -0.4 is 16.0 Å². The van der Waals surface area contributed by atoms with E-state index in [-0.39, 0.29) is 5.11 Å². The van der Waals surface area contributed by atoms with Gasteiger partial charge >= 0.3 is 0 Å². The normalized spacial score (nSPS) is 12.4. The van der Waals surface area contributed by atoms with Gasteiger partial charge in [-0.1, -0.05) is 77.3 Å². The van der Waals surface area contributed by atoms with Crippen molar-refractivity contribution in [3.05, 3.63) is 70.7 Å². The Kier molecular flexibility index (Phi) is 8.38. The van der Waals surface area contributed by atoms with Crippen molar-refractivity contribution in [3.8, 4) is 0 Å². The van der Waals surface area contributed by atoms with Crippen LogP contribution in [0.2, 0.25) is 0 Å². The Bertz CT molecular complexity index is 828. The summed E-state index contributed by atoms with van der Waals surface area (Å²) >= 11 is 26.6. The first-order valence-corrected chi connectivity index (χ1v) is 10.0. The molecular formula is C18H15BrCl3N3OS. The van der Waals surface area contributed by atoms with E-state index in [4.69, 9.17) is 47.0 Å². The summed E-state index contributed by atoms with van der Waals surface area (Å²) < 4.78 is -1.01. The van der Waals surface area contributed by atoms with Gasteiger partial charge in [0.05, 0.1) is 5.69 Å². The molecule has 0 radical (unpaired) electrons.